The Kier molecular flexibility index (Phi) is 4.82. The highest BCUT2D eigenvalue weighted by molar-refractivity contribution is 6.16. The number of ketones is 2. The minimum Gasteiger partial charge on any atom is -0.293 e. The summed E-state index contributed by atoms with van der Waals surface area (Å²) in [5.74, 6) is -0.785. The molecule has 2 aromatic rings. The van der Waals surface area contributed by atoms with Crippen LogP contribution in [0.5, 0.6) is 0 Å². The number of allylic oxidation sites excluding steroid dienone is 2. The second kappa shape index (κ2) is 7.19. The minimum atomic E-state index is -0.628. The van der Waals surface area contributed by atoms with E-state index in [0.29, 0.717) is 11.1 Å². The summed E-state index contributed by atoms with van der Waals surface area (Å²) in [6.07, 6.45) is 7.09. The molecule has 0 spiro atoms. The van der Waals surface area contributed by atoms with Gasteiger partial charge < -0.3 is 0 Å². The molecule has 0 aliphatic heterocycles. The Morgan fingerprint density at radius 2 is 1.35 bits per heavy atom. The molecule has 3 rings (SSSR count). The molecule has 116 valence electrons. The van der Waals surface area contributed by atoms with Crippen molar-refractivity contribution in [2.24, 2.45) is 11.8 Å². The first-order valence-corrected chi connectivity index (χ1v) is 8.12. The standard InChI is InChI=1S/C21H20O2/c22-20(17-12-6-2-7-13-17)19(16-10-4-1-5-11-16)21(23)18-14-8-3-9-15-18/h2-4,6-10,12-16,19H,1,5,11H2/t16-/m0/s1. The molecular weight excluding hydrogens is 284 g/mol. The van der Waals surface area contributed by atoms with Crippen LogP contribution in [-0.2, 0) is 0 Å². The molecule has 1 aliphatic rings. The van der Waals surface area contributed by atoms with Crippen LogP contribution in [0.2, 0.25) is 0 Å². The van der Waals surface area contributed by atoms with E-state index in [0.717, 1.165) is 19.3 Å². The lowest BCUT2D eigenvalue weighted by atomic mass is 9.76. The van der Waals surface area contributed by atoms with E-state index < -0.39 is 5.92 Å². The zero-order valence-electron chi connectivity index (χ0n) is 13.0. The summed E-state index contributed by atoms with van der Waals surface area (Å²) in [7, 11) is 0. The van der Waals surface area contributed by atoms with E-state index in [1.165, 1.54) is 0 Å². The normalized spacial score (nSPS) is 17.2. The lowest BCUT2D eigenvalue weighted by Crippen LogP contribution is -2.31. The summed E-state index contributed by atoms with van der Waals surface area (Å²) in [4.78, 5) is 26.0. The summed E-state index contributed by atoms with van der Waals surface area (Å²) in [5, 5.41) is 0. The van der Waals surface area contributed by atoms with Crippen molar-refractivity contribution >= 4 is 11.6 Å². The number of carbonyl (C=O) groups is 2. The van der Waals surface area contributed by atoms with Gasteiger partial charge in [-0.25, -0.2) is 0 Å². The SMILES string of the molecule is O=C(c1ccccc1)C(C(=O)c1ccccc1)[C@H]1C=CCCC1. The molecule has 2 aromatic carbocycles. The van der Waals surface area contributed by atoms with E-state index in [9.17, 15) is 9.59 Å². The van der Waals surface area contributed by atoms with Crippen LogP contribution < -0.4 is 0 Å². The molecule has 0 radical (unpaired) electrons. The molecule has 1 atom stereocenters. The van der Waals surface area contributed by atoms with Crippen LogP contribution >= 0.6 is 0 Å². The van der Waals surface area contributed by atoms with Gasteiger partial charge in [0.2, 0.25) is 0 Å². The van der Waals surface area contributed by atoms with E-state index in [-0.39, 0.29) is 17.5 Å². The number of carbonyl (C=O) groups excluding carboxylic acids is 2. The van der Waals surface area contributed by atoms with Crippen molar-refractivity contribution in [3.63, 3.8) is 0 Å². The Morgan fingerprint density at radius 1 is 0.826 bits per heavy atom. The Hall–Kier alpha value is -2.48. The summed E-state index contributed by atoms with van der Waals surface area (Å²) in [5.41, 5.74) is 1.22. The summed E-state index contributed by atoms with van der Waals surface area (Å²) >= 11 is 0. The van der Waals surface area contributed by atoms with Crippen LogP contribution in [0, 0.1) is 11.8 Å². The van der Waals surface area contributed by atoms with Gasteiger partial charge in [-0.15, -0.1) is 0 Å². The highest BCUT2D eigenvalue weighted by atomic mass is 16.2. The van der Waals surface area contributed by atoms with E-state index in [2.05, 4.69) is 12.2 Å². The second-order valence-corrected chi connectivity index (χ2v) is 5.96. The predicted molar refractivity (Wildman–Crippen MR) is 91.5 cm³/mol. The van der Waals surface area contributed by atoms with Gasteiger partial charge in [-0.1, -0.05) is 72.8 Å². The van der Waals surface area contributed by atoms with Crippen LogP contribution in [0.3, 0.4) is 0 Å². The molecule has 0 saturated heterocycles. The fourth-order valence-corrected chi connectivity index (χ4v) is 3.19. The van der Waals surface area contributed by atoms with Crippen LogP contribution in [0.1, 0.15) is 40.0 Å². The molecule has 0 aromatic heterocycles. The van der Waals surface area contributed by atoms with Gasteiger partial charge in [0.05, 0.1) is 5.92 Å². The molecule has 0 heterocycles. The van der Waals surface area contributed by atoms with Gasteiger partial charge in [0.25, 0.3) is 0 Å². The van der Waals surface area contributed by atoms with Crippen LogP contribution in [0.4, 0.5) is 0 Å². The lowest BCUT2D eigenvalue weighted by molar-refractivity contribution is 0.0764. The van der Waals surface area contributed by atoms with Crippen LogP contribution in [-0.4, -0.2) is 11.6 Å². The minimum absolute atomic E-state index is 0.0100. The van der Waals surface area contributed by atoms with E-state index in [4.69, 9.17) is 0 Å². The number of hydrogen-bond acceptors (Lipinski definition) is 2. The highest BCUT2D eigenvalue weighted by Gasteiger charge is 2.34. The number of rotatable bonds is 5. The number of hydrogen-bond donors (Lipinski definition) is 0. The molecular formula is C21H20O2. The quantitative estimate of drug-likeness (QED) is 0.455. The van der Waals surface area contributed by atoms with E-state index in [1.807, 2.05) is 36.4 Å². The van der Waals surface area contributed by atoms with Crippen molar-refractivity contribution in [3.8, 4) is 0 Å². The Labute approximate surface area is 136 Å². The fourth-order valence-electron chi connectivity index (χ4n) is 3.19. The van der Waals surface area contributed by atoms with Gasteiger partial charge in [0.15, 0.2) is 11.6 Å². The second-order valence-electron chi connectivity index (χ2n) is 5.96. The van der Waals surface area contributed by atoms with Crippen molar-refractivity contribution in [1.82, 2.24) is 0 Å². The summed E-state index contributed by atoms with van der Waals surface area (Å²) < 4.78 is 0. The third-order valence-corrected chi connectivity index (χ3v) is 4.40. The maximum Gasteiger partial charge on any atom is 0.174 e. The van der Waals surface area contributed by atoms with Crippen molar-refractivity contribution in [2.45, 2.75) is 19.3 Å². The fraction of sp³-hybridized carbons (Fsp3) is 0.238. The molecule has 23 heavy (non-hydrogen) atoms. The Morgan fingerprint density at radius 3 is 1.78 bits per heavy atom. The molecule has 0 bridgehead atoms. The molecule has 0 saturated carbocycles. The molecule has 2 nitrogen and oxygen atoms in total. The Balaban J connectivity index is 1.97. The van der Waals surface area contributed by atoms with Gasteiger partial charge in [0.1, 0.15) is 0 Å². The Bertz CT molecular complexity index is 650. The molecule has 1 aliphatic carbocycles. The van der Waals surface area contributed by atoms with Gasteiger partial charge >= 0.3 is 0 Å². The zero-order valence-corrected chi connectivity index (χ0v) is 13.0. The van der Waals surface area contributed by atoms with Gasteiger partial charge in [-0.3, -0.25) is 9.59 Å². The smallest absolute Gasteiger partial charge is 0.174 e. The maximum absolute atomic E-state index is 13.0. The van der Waals surface area contributed by atoms with Crippen molar-refractivity contribution in [1.29, 1.82) is 0 Å². The average molecular weight is 304 g/mol. The molecule has 0 unspecified atom stereocenters. The first-order chi connectivity index (χ1) is 11.3. The molecule has 0 amide bonds. The first kappa shape index (κ1) is 15.4. The van der Waals surface area contributed by atoms with Gasteiger partial charge in [-0.2, -0.15) is 0 Å². The van der Waals surface area contributed by atoms with Gasteiger partial charge in [-0.05, 0) is 25.2 Å². The zero-order chi connectivity index (χ0) is 16.1. The van der Waals surface area contributed by atoms with Gasteiger partial charge in [0, 0.05) is 11.1 Å². The maximum atomic E-state index is 13.0. The molecule has 2 heteroatoms. The molecule has 0 N–H and O–H groups in total. The van der Waals surface area contributed by atoms with E-state index >= 15 is 0 Å². The monoisotopic (exact) mass is 304 g/mol. The predicted octanol–water partition coefficient (Wildman–Crippen LogP) is 4.72. The largest absolute Gasteiger partial charge is 0.293 e. The number of Topliss-reactive ketones (excluding diaryl/α,β-unsaturated/α-hetero) is 2. The topological polar surface area (TPSA) is 34.1 Å². The lowest BCUT2D eigenvalue weighted by Gasteiger charge is -2.25. The average Bonchev–Trinajstić information content (AvgIpc) is 2.64. The third-order valence-electron chi connectivity index (χ3n) is 4.40. The van der Waals surface area contributed by atoms with Crippen molar-refractivity contribution in [2.75, 3.05) is 0 Å². The van der Waals surface area contributed by atoms with Crippen molar-refractivity contribution in [3.05, 3.63) is 83.9 Å². The third kappa shape index (κ3) is 3.48. The number of benzene rings is 2. The first-order valence-electron chi connectivity index (χ1n) is 8.12. The summed E-state index contributed by atoms with van der Waals surface area (Å²) in [6.45, 7) is 0. The van der Waals surface area contributed by atoms with Crippen LogP contribution in [0.15, 0.2) is 72.8 Å². The van der Waals surface area contributed by atoms with Crippen molar-refractivity contribution < 1.29 is 9.59 Å². The van der Waals surface area contributed by atoms with Crippen LogP contribution in [0.25, 0.3) is 0 Å². The van der Waals surface area contributed by atoms with E-state index in [1.54, 1.807) is 24.3 Å². The highest BCUT2D eigenvalue weighted by Crippen LogP contribution is 2.30. The molecule has 0 fully saturated rings. The summed E-state index contributed by atoms with van der Waals surface area (Å²) in [6, 6.07) is 18.3.